The van der Waals surface area contributed by atoms with Gasteiger partial charge in [-0.1, -0.05) is 18.2 Å². The maximum atomic E-state index is 6.03. The fourth-order valence-corrected chi connectivity index (χ4v) is 2.66. The summed E-state index contributed by atoms with van der Waals surface area (Å²) < 4.78 is 5.55. The van der Waals surface area contributed by atoms with Crippen molar-refractivity contribution in [2.24, 2.45) is 11.7 Å². The molecule has 1 aliphatic heterocycles. The summed E-state index contributed by atoms with van der Waals surface area (Å²) in [5.41, 5.74) is 8.50. The molecule has 0 amide bonds. The predicted molar refractivity (Wildman–Crippen MR) is 75.9 cm³/mol. The number of hydrogen-bond donors (Lipinski definition) is 1. The molecular weight excluding hydrogens is 224 g/mol. The molecular formula is C15H24N2O. The molecule has 100 valence electrons. The first kappa shape index (κ1) is 13.4. The van der Waals surface area contributed by atoms with Crippen molar-refractivity contribution in [1.29, 1.82) is 0 Å². The Morgan fingerprint density at radius 1 is 1.44 bits per heavy atom. The van der Waals surface area contributed by atoms with Crippen LogP contribution in [0.1, 0.15) is 31.4 Å². The van der Waals surface area contributed by atoms with E-state index in [-0.39, 0.29) is 6.04 Å². The molecule has 2 N–H and O–H groups in total. The molecule has 18 heavy (non-hydrogen) atoms. The van der Waals surface area contributed by atoms with Gasteiger partial charge in [0.05, 0.1) is 6.61 Å². The average Bonchev–Trinajstić information content (AvgIpc) is 2.40. The van der Waals surface area contributed by atoms with Crippen LogP contribution in [0.5, 0.6) is 0 Å². The second kappa shape index (κ2) is 6.21. The van der Waals surface area contributed by atoms with Crippen molar-refractivity contribution >= 4 is 5.69 Å². The number of ether oxygens (including phenoxy) is 1. The van der Waals surface area contributed by atoms with Crippen molar-refractivity contribution in [3.63, 3.8) is 0 Å². The van der Waals surface area contributed by atoms with Crippen LogP contribution in [0.2, 0.25) is 0 Å². The number of benzene rings is 1. The highest BCUT2D eigenvalue weighted by Gasteiger charge is 2.18. The lowest BCUT2D eigenvalue weighted by Crippen LogP contribution is -2.31. The molecule has 1 fully saturated rings. The maximum Gasteiger partial charge on any atom is 0.0511 e. The van der Waals surface area contributed by atoms with Gasteiger partial charge in [-0.15, -0.1) is 0 Å². The maximum absolute atomic E-state index is 6.03. The first-order valence-corrected chi connectivity index (χ1v) is 6.82. The Bertz CT molecular complexity index is 373. The van der Waals surface area contributed by atoms with Crippen molar-refractivity contribution in [2.45, 2.75) is 25.8 Å². The van der Waals surface area contributed by atoms with E-state index in [9.17, 15) is 0 Å². The molecule has 1 aromatic rings. The fourth-order valence-electron chi connectivity index (χ4n) is 2.66. The third-order valence-corrected chi connectivity index (χ3v) is 3.63. The molecule has 0 aliphatic carbocycles. The molecule has 1 aliphatic rings. The SMILES string of the molecule is C[C@@H](N)c1ccccc1N(C)CC1CCCOC1. The summed E-state index contributed by atoms with van der Waals surface area (Å²) in [6.45, 7) is 4.90. The van der Waals surface area contributed by atoms with E-state index in [4.69, 9.17) is 10.5 Å². The Labute approximate surface area is 110 Å². The summed E-state index contributed by atoms with van der Waals surface area (Å²) in [6, 6.07) is 8.48. The van der Waals surface area contributed by atoms with Crippen LogP contribution in [0.4, 0.5) is 5.69 Å². The number of rotatable bonds is 4. The van der Waals surface area contributed by atoms with Crippen LogP contribution < -0.4 is 10.6 Å². The van der Waals surface area contributed by atoms with E-state index in [1.165, 1.54) is 24.1 Å². The van der Waals surface area contributed by atoms with Crippen LogP contribution in [0, 0.1) is 5.92 Å². The van der Waals surface area contributed by atoms with Gasteiger partial charge >= 0.3 is 0 Å². The highest BCUT2D eigenvalue weighted by Crippen LogP contribution is 2.26. The van der Waals surface area contributed by atoms with Gasteiger partial charge in [0.1, 0.15) is 0 Å². The van der Waals surface area contributed by atoms with Crippen molar-refractivity contribution in [3.05, 3.63) is 29.8 Å². The van der Waals surface area contributed by atoms with Gasteiger partial charge in [0.2, 0.25) is 0 Å². The van der Waals surface area contributed by atoms with Gasteiger partial charge in [-0.3, -0.25) is 0 Å². The third-order valence-electron chi connectivity index (χ3n) is 3.63. The molecule has 1 aromatic carbocycles. The highest BCUT2D eigenvalue weighted by molar-refractivity contribution is 5.54. The second-order valence-corrected chi connectivity index (χ2v) is 5.31. The van der Waals surface area contributed by atoms with Crippen molar-refractivity contribution in [1.82, 2.24) is 0 Å². The lowest BCUT2D eigenvalue weighted by atomic mass is 10.0. The molecule has 1 unspecified atom stereocenters. The summed E-state index contributed by atoms with van der Waals surface area (Å²) in [5.74, 6) is 0.643. The van der Waals surface area contributed by atoms with Gasteiger partial charge in [0.15, 0.2) is 0 Å². The number of anilines is 1. The highest BCUT2D eigenvalue weighted by atomic mass is 16.5. The van der Waals surface area contributed by atoms with Crippen LogP contribution in [-0.4, -0.2) is 26.8 Å². The van der Waals surface area contributed by atoms with Crippen LogP contribution in [0.25, 0.3) is 0 Å². The number of hydrogen-bond acceptors (Lipinski definition) is 3. The third kappa shape index (κ3) is 3.24. The minimum Gasteiger partial charge on any atom is -0.381 e. The largest absolute Gasteiger partial charge is 0.381 e. The zero-order valence-electron chi connectivity index (χ0n) is 11.4. The first-order valence-electron chi connectivity index (χ1n) is 6.82. The molecule has 2 rings (SSSR count). The molecule has 1 saturated heterocycles. The summed E-state index contributed by atoms with van der Waals surface area (Å²) >= 11 is 0. The topological polar surface area (TPSA) is 38.5 Å². The van der Waals surface area contributed by atoms with E-state index in [0.717, 1.165) is 19.8 Å². The van der Waals surface area contributed by atoms with Crippen molar-refractivity contribution < 1.29 is 4.74 Å². The lowest BCUT2D eigenvalue weighted by molar-refractivity contribution is 0.0576. The number of nitrogens with two attached hydrogens (primary N) is 1. The van der Waals surface area contributed by atoms with Gasteiger partial charge in [-0.25, -0.2) is 0 Å². The molecule has 0 saturated carbocycles. The molecule has 1 heterocycles. The summed E-state index contributed by atoms with van der Waals surface area (Å²) in [5, 5.41) is 0. The Balaban J connectivity index is 2.05. The first-order chi connectivity index (χ1) is 8.68. The minimum atomic E-state index is 0.0752. The van der Waals surface area contributed by atoms with Gasteiger partial charge in [-0.05, 0) is 37.3 Å². The van der Waals surface area contributed by atoms with E-state index >= 15 is 0 Å². The van der Waals surface area contributed by atoms with E-state index in [2.05, 4.69) is 36.2 Å². The normalized spacial score (nSPS) is 21.6. The van der Waals surface area contributed by atoms with Crippen LogP contribution in [-0.2, 0) is 4.74 Å². The van der Waals surface area contributed by atoms with Crippen molar-refractivity contribution in [2.75, 3.05) is 31.7 Å². The van der Waals surface area contributed by atoms with Crippen LogP contribution in [0.15, 0.2) is 24.3 Å². The monoisotopic (exact) mass is 248 g/mol. The van der Waals surface area contributed by atoms with E-state index in [0.29, 0.717) is 5.92 Å². The zero-order chi connectivity index (χ0) is 13.0. The van der Waals surface area contributed by atoms with E-state index < -0.39 is 0 Å². The van der Waals surface area contributed by atoms with Gasteiger partial charge in [0, 0.05) is 31.9 Å². The predicted octanol–water partition coefficient (Wildman–Crippen LogP) is 2.57. The Kier molecular flexibility index (Phi) is 4.61. The second-order valence-electron chi connectivity index (χ2n) is 5.31. The van der Waals surface area contributed by atoms with Gasteiger partial charge in [-0.2, -0.15) is 0 Å². The smallest absolute Gasteiger partial charge is 0.0511 e. The average molecular weight is 248 g/mol. The Morgan fingerprint density at radius 3 is 2.89 bits per heavy atom. The lowest BCUT2D eigenvalue weighted by Gasteiger charge is -2.30. The van der Waals surface area contributed by atoms with E-state index in [1.807, 2.05) is 6.92 Å². The number of nitrogens with zero attached hydrogens (tertiary/aromatic N) is 1. The molecule has 0 aromatic heterocycles. The van der Waals surface area contributed by atoms with Gasteiger partial charge in [0.25, 0.3) is 0 Å². The molecule has 2 atom stereocenters. The standard InChI is InChI=1S/C15H24N2O/c1-12(16)14-7-3-4-8-15(14)17(2)10-13-6-5-9-18-11-13/h3-4,7-8,12-13H,5-6,9-11,16H2,1-2H3/t12-,13?/m1/s1. The summed E-state index contributed by atoms with van der Waals surface area (Å²) in [7, 11) is 2.15. The molecule has 0 radical (unpaired) electrons. The summed E-state index contributed by atoms with van der Waals surface area (Å²) in [6.07, 6.45) is 2.46. The fraction of sp³-hybridized carbons (Fsp3) is 0.600. The molecule has 3 nitrogen and oxygen atoms in total. The quantitative estimate of drug-likeness (QED) is 0.890. The molecule has 0 spiro atoms. The molecule has 0 bridgehead atoms. The summed E-state index contributed by atoms with van der Waals surface area (Å²) in [4.78, 5) is 2.32. The van der Waals surface area contributed by atoms with Gasteiger partial charge < -0.3 is 15.4 Å². The zero-order valence-corrected chi connectivity index (χ0v) is 11.4. The minimum absolute atomic E-state index is 0.0752. The number of para-hydroxylation sites is 1. The Hall–Kier alpha value is -1.06. The van der Waals surface area contributed by atoms with Crippen LogP contribution in [0.3, 0.4) is 0 Å². The molecule has 3 heteroatoms. The van der Waals surface area contributed by atoms with Crippen LogP contribution >= 0.6 is 0 Å². The Morgan fingerprint density at radius 2 is 2.22 bits per heavy atom. The van der Waals surface area contributed by atoms with E-state index in [1.54, 1.807) is 0 Å². The van der Waals surface area contributed by atoms with Crippen molar-refractivity contribution in [3.8, 4) is 0 Å².